The normalized spacial score (nSPS) is 11.9. The van der Waals surface area contributed by atoms with E-state index in [1.54, 1.807) is 38.1 Å². The monoisotopic (exact) mass is 418 g/mol. The van der Waals surface area contributed by atoms with Crippen LogP contribution in [0.2, 0.25) is 5.02 Å². The number of sulfonamides is 1. The maximum Gasteiger partial charge on any atom is 0.336 e. The molecule has 0 saturated carbocycles. The van der Waals surface area contributed by atoms with Crippen LogP contribution in [0.15, 0.2) is 53.4 Å². The molecule has 1 aromatic heterocycles. The fourth-order valence-electron chi connectivity index (χ4n) is 3.06. The van der Waals surface area contributed by atoms with Gasteiger partial charge < -0.3 is 5.11 Å². The number of carboxylic acid groups (broad SMARTS) is 1. The van der Waals surface area contributed by atoms with Gasteiger partial charge in [0.2, 0.25) is 10.0 Å². The molecule has 3 aromatic rings. The highest BCUT2D eigenvalue weighted by atomic mass is 35.5. The van der Waals surface area contributed by atoms with Crippen molar-refractivity contribution in [2.45, 2.75) is 18.7 Å². The van der Waals surface area contributed by atoms with Crippen molar-refractivity contribution in [1.29, 1.82) is 0 Å². The van der Waals surface area contributed by atoms with Gasteiger partial charge in [0.25, 0.3) is 0 Å². The lowest BCUT2D eigenvalue weighted by Crippen LogP contribution is -2.30. The Morgan fingerprint density at radius 2 is 1.79 bits per heavy atom. The van der Waals surface area contributed by atoms with Gasteiger partial charge in [-0.3, -0.25) is 0 Å². The van der Waals surface area contributed by atoms with Crippen LogP contribution in [0, 0.1) is 0 Å². The van der Waals surface area contributed by atoms with E-state index in [0.717, 1.165) is 0 Å². The summed E-state index contributed by atoms with van der Waals surface area (Å²) in [4.78, 5) is 16.4. The van der Waals surface area contributed by atoms with Gasteiger partial charge in [-0.2, -0.15) is 4.31 Å². The van der Waals surface area contributed by atoms with Gasteiger partial charge in [0, 0.05) is 29.1 Å². The summed E-state index contributed by atoms with van der Waals surface area (Å²) in [6.07, 6.45) is 0. The predicted molar refractivity (Wildman–Crippen MR) is 109 cm³/mol. The minimum absolute atomic E-state index is 0.0310. The minimum atomic E-state index is -3.71. The summed E-state index contributed by atoms with van der Waals surface area (Å²) in [7, 11) is -3.71. The lowest BCUT2D eigenvalue weighted by atomic mass is 10.0. The number of halogens is 1. The molecule has 1 N–H and O–H groups in total. The van der Waals surface area contributed by atoms with Crippen LogP contribution in [0.25, 0.3) is 22.2 Å². The van der Waals surface area contributed by atoms with Gasteiger partial charge in [-0.1, -0.05) is 43.6 Å². The lowest BCUT2D eigenvalue weighted by molar-refractivity contribution is 0.0699. The van der Waals surface area contributed by atoms with E-state index in [1.165, 1.54) is 28.6 Å². The van der Waals surface area contributed by atoms with Gasteiger partial charge in [0.05, 0.1) is 21.7 Å². The van der Waals surface area contributed by atoms with Crippen LogP contribution in [0.3, 0.4) is 0 Å². The van der Waals surface area contributed by atoms with E-state index in [4.69, 9.17) is 11.6 Å². The minimum Gasteiger partial charge on any atom is -0.478 e. The second-order valence-electron chi connectivity index (χ2n) is 6.11. The fraction of sp³-hybridized carbons (Fsp3) is 0.200. The third-order valence-electron chi connectivity index (χ3n) is 4.50. The molecule has 0 atom stereocenters. The van der Waals surface area contributed by atoms with E-state index >= 15 is 0 Å². The number of rotatable bonds is 6. The number of aromatic nitrogens is 1. The summed E-state index contributed by atoms with van der Waals surface area (Å²) < 4.78 is 26.9. The molecule has 8 heteroatoms. The Morgan fingerprint density at radius 3 is 2.39 bits per heavy atom. The van der Waals surface area contributed by atoms with Crippen LogP contribution in [0.5, 0.6) is 0 Å². The SMILES string of the molecule is CCN(CC)S(=O)(=O)c1ccc2nc(-c3ccccc3Cl)cc(C(=O)O)c2c1. The van der Waals surface area contributed by atoms with Crippen molar-refractivity contribution in [3.05, 3.63) is 59.1 Å². The van der Waals surface area contributed by atoms with Crippen molar-refractivity contribution in [2.24, 2.45) is 0 Å². The first-order valence-corrected chi connectivity index (χ1v) is 10.5. The Hall–Kier alpha value is -2.48. The molecule has 3 rings (SSSR count). The summed E-state index contributed by atoms with van der Waals surface area (Å²) in [6, 6.07) is 12.8. The largest absolute Gasteiger partial charge is 0.478 e. The van der Waals surface area contributed by atoms with Crippen molar-refractivity contribution >= 4 is 38.5 Å². The zero-order valence-corrected chi connectivity index (χ0v) is 17.0. The molecular weight excluding hydrogens is 400 g/mol. The number of carboxylic acids is 1. The Balaban J connectivity index is 2.25. The van der Waals surface area contributed by atoms with Crippen molar-refractivity contribution in [3.63, 3.8) is 0 Å². The maximum atomic E-state index is 12.8. The van der Waals surface area contributed by atoms with Crippen LogP contribution in [-0.4, -0.2) is 41.9 Å². The summed E-state index contributed by atoms with van der Waals surface area (Å²) in [5.74, 6) is -1.17. The van der Waals surface area contributed by atoms with Gasteiger partial charge in [0.1, 0.15) is 0 Å². The van der Waals surface area contributed by atoms with E-state index in [-0.39, 0.29) is 15.8 Å². The summed E-state index contributed by atoms with van der Waals surface area (Å²) in [5.41, 5.74) is 1.37. The van der Waals surface area contributed by atoms with Crippen LogP contribution >= 0.6 is 11.6 Å². The van der Waals surface area contributed by atoms with Crippen LogP contribution in [0.1, 0.15) is 24.2 Å². The molecule has 0 fully saturated rings. The Kier molecular flexibility index (Phi) is 5.69. The quantitative estimate of drug-likeness (QED) is 0.645. The lowest BCUT2D eigenvalue weighted by Gasteiger charge is -2.19. The zero-order chi connectivity index (χ0) is 20.5. The molecule has 0 aliphatic rings. The molecule has 0 aliphatic carbocycles. The smallest absolute Gasteiger partial charge is 0.336 e. The van der Waals surface area contributed by atoms with E-state index in [2.05, 4.69) is 4.98 Å². The van der Waals surface area contributed by atoms with Gasteiger partial charge in [0.15, 0.2) is 0 Å². The molecule has 2 aromatic carbocycles. The van der Waals surface area contributed by atoms with E-state index < -0.39 is 16.0 Å². The van der Waals surface area contributed by atoms with Crippen molar-refractivity contribution in [2.75, 3.05) is 13.1 Å². The number of nitrogens with zero attached hydrogens (tertiary/aromatic N) is 2. The fourth-order valence-corrected chi connectivity index (χ4v) is 4.78. The maximum absolute atomic E-state index is 12.8. The van der Waals surface area contributed by atoms with E-state index in [1.807, 2.05) is 0 Å². The Morgan fingerprint density at radius 1 is 1.11 bits per heavy atom. The van der Waals surface area contributed by atoms with Crippen molar-refractivity contribution < 1.29 is 18.3 Å². The molecule has 0 unspecified atom stereocenters. The third-order valence-corrected chi connectivity index (χ3v) is 6.88. The van der Waals surface area contributed by atoms with Crippen LogP contribution < -0.4 is 0 Å². The van der Waals surface area contributed by atoms with Gasteiger partial charge >= 0.3 is 5.97 Å². The first-order chi connectivity index (χ1) is 13.3. The summed E-state index contributed by atoms with van der Waals surface area (Å²) in [5, 5.41) is 10.4. The molecule has 0 spiro atoms. The Labute approximate surface area is 168 Å². The number of pyridine rings is 1. The molecule has 0 bridgehead atoms. The molecule has 0 aliphatic heterocycles. The number of hydrogen-bond donors (Lipinski definition) is 1. The highest BCUT2D eigenvalue weighted by Crippen LogP contribution is 2.31. The molecule has 0 saturated heterocycles. The molecule has 0 radical (unpaired) electrons. The van der Waals surface area contributed by atoms with Crippen molar-refractivity contribution in [3.8, 4) is 11.3 Å². The highest BCUT2D eigenvalue weighted by molar-refractivity contribution is 7.89. The highest BCUT2D eigenvalue weighted by Gasteiger charge is 2.23. The molecular formula is C20H19ClN2O4S. The topological polar surface area (TPSA) is 87.6 Å². The first-order valence-electron chi connectivity index (χ1n) is 8.72. The predicted octanol–water partition coefficient (Wildman–Crippen LogP) is 4.28. The number of benzene rings is 2. The third kappa shape index (κ3) is 3.61. The zero-order valence-electron chi connectivity index (χ0n) is 15.4. The van der Waals surface area contributed by atoms with Gasteiger partial charge in [-0.15, -0.1) is 0 Å². The summed E-state index contributed by atoms with van der Waals surface area (Å²) in [6.45, 7) is 4.16. The molecule has 0 amide bonds. The average Bonchev–Trinajstić information content (AvgIpc) is 2.67. The van der Waals surface area contributed by atoms with Crippen molar-refractivity contribution in [1.82, 2.24) is 9.29 Å². The summed E-state index contributed by atoms with van der Waals surface area (Å²) >= 11 is 6.22. The second kappa shape index (κ2) is 7.87. The van der Waals surface area contributed by atoms with E-state index in [9.17, 15) is 18.3 Å². The molecule has 6 nitrogen and oxygen atoms in total. The Bertz CT molecular complexity index is 1160. The van der Waals surface area contributed by atoms with Gasteiger partial charge in [-0.05, 0) is 30.3 Å². The van der Waals surface area contributed by atoms with E-state index in [0.29, 0.717) is 34.9 Å². The molecule has 146 valence electrons. The van der Waals surface area contributed by atoms with Crippen LogP contribution in [0.4, 0.5) is 0 Å². The molecule has 1 heterocycles. The number of carbonyl (C=O) groups is 1. The standard InChI is InChI=1S/C20H19ClN2O4S/c1-3-23(4-2)28(26,27)13-9-10-18-15(11-13)16(20(24)25)12-19(22-18)14-7-5-6-8-17(14)21/h5-12H,3-4H2,1-2H3,(H,24,25). The average molecular weight is 419 g/mol. The second-order valence-corrected chi connectivity index (χ2v) is 8.45. The number of fused-ring (bicyclic) bond motifs is 1. The van der Waals surface area contributed by atoms with Gasteiger partial charge in [-0.25, -0.2) is 18.2 Å². The number of hydrogen-bond acceptors (Lipinski definition) is 4. The first kappa shape index (κ1) is 20.3. The molecule has 28 heavy (non-hydrogen) atoms. The van der Waals surface area contributed by atoms with Crippen LogP contribution in [-0.2, 0) is 10.0 Å². The number of aromatic carboxylic acids is 1.